The number of nitrogen functional groups attached to an aromatic ring is 1. The molecule has 2 aromatic heterocycles. The molecule has 6 rings (SSSR count). The maximum atomic E-state index is 15.4. The average Bonchev–Trinajstić information content (AvgIpc) is 3.30. The number of aromatic nitrogens is 4. The van der Waals surface area contributed by atoms with Gasteiger partial charge in [0.15, 0.2) is 5.65 Å². The molecule has 4 aromatic rings. The molecule has 0 bridgehead atoms. The van der Waals surface area contributed by atoms with Crippen LogP contribution in [0, 0.1) is 11.6 Å². The van der Waals surface area contributed by atoms with Crippen LogP contribution < -0.4 is 10.5 Å². The summed E-state index contributed by atoms with van der Waals surface area (Å²) in [6, 6.07) is 11.8. The lowest BCUT2D eigenvalue weighted by Gasteiger charge is -2.41. The quantitative estimate of drug-likeness (QED) is 0.402. The third-order valence-electron chi connectivity index (χ3n) is 7.82. The molecule has 0 atom stereocenters. The van der Waals surface area contributed by atoms with Gasteiger partial charge in [0.2, 0.25) is 0 Å². The van der Waals surface area contributed by atoms with Crippen molar-refractivity contribution in [1.29, 1.82) is 0 Å². The number of nitrogens with two attached hydrogens (primary N) is 1. The zero-order chi connectivity index (χ0) is 26.2. The highest BCUT2D eigenvalue weighted by atomic mass is 19.1. The normalized spacial score (nSPS) is 21.1. The van der Waals surface area contributed by atoms with Gasteiger partial charge in [-0.05, 0) is 44.9 Å². The average molecular weight is 520 g/mol. The summed E-state index contributed by atoms with van der Waals surface area (Å²) in [7, 11) is 2.16. The number of anilines is 1. The fraction of sp³-hybridized carbons (Fsp3) is 0.393. The zero-order valence-electron chi connectivity index (χ0n) is 21.4. The molecule has 10 heteroatoms. The lowest BCUT2D eigenvalue weighted by molar-refractivity contribution is 0.0815. The van der Waals surface area contributed by atoms with E-state index >= 15 is 8.78 Å². The molecular formula is C28H31F2N7O. The van der Waals surface area contributed by atoms with Crippen LogP contribution in [0.3, 0.4) is 0 Å². The molecule has 2 aromatic carbocycles. The number of para-hydroxylation sites is 1. The first-order valence-electron chi connectivity index (χ1n) is 13.1. The van der Waals surface area contributed by atoms with Crippen LogP contribution in [-0.2, 0) is 0 Å². The molecule has 1 aliphatic carbocycles. The number of rotatable bonds is 5. The molecule has 198 valence electrons. The molecule has 0 amide bonds. The molecule has 0 spiro atoms. The highest BCUT2D eigenvalue weighted by molar-refractivity contribution is 5.98. The maximum absolute atomic E-state index is 15.4. The van der Waals surface area contributed by atoms with Crippen molar-refractivity contribution in [2.45, 2.75) is 37.8 Å². The molecule has 2 fully saturated rings. The van der Waals surface area contributed by atoms with Gasteiger partial charge in [0.05, 0.1) is 17.0 Å². The van der Waals surface area contributed by atoms with E-state index in [2.05, 4.69) is 26.8 Å². The van der Waals surface area contributed by atoms with E-state index in [0.717, 1.165) is 64.0 Å². The van der Waals surface area contributed by atoms with Crippen molar-refractivity contribution in [3.63, 3.8) is 0 Å². The summed E-state index contributed by atoms with van der Waals surface area (Å²) in [6.45, 7) is 4.37. The molecule has 3 heterocycles. The number of halogens is 2. The van der Waals surface area contributed by atoms with Gasteiger partial charge in [0, 0.05) is 44.4 Å². The van der Waals surface area contributed by atoms with Gasteiger partial charge in [-0.1, -0.05) is 18.2 Å². The second kappa shape index (κ2) is 10.3. The topological polar surface area (TPSA) is 85.3 Å². The molecule has 1 saturated heterocycles. The van der Waals surface area contributed by atoms with Crippen molar-refractivity contribution in [3.05, 3.63) is 60.4 Å². The van der Waals surface area contributed by atoms with Gasteiger partial charge in [-0.3, -0.25) is 4.90 Å². The third-order valence-corrected chi connectivity index (χ3v) is 7.82. The Balaban J connectivity index is 1.30. The van der Waals surface area contributed by atoms with Crippen LogP contribution in [0.25, 0.3) is 22.3 Å². The van der Waals surface area contributed by atoms with Gasteiger partial charge in [-0.2, -0.15) is 5.10 Å². The van der Waals surface area contributed by atoms with Crippen LogP contribution in [0.4, 0.5) is 14.6 Å². The van der Waals surface area contributed by atoms with Gasteiger partial charge < -0.3 is 15.4 Å². The minimum absolute atomic E-state index is 0.0603. The second-order valence-electron chi connectivity index (χ2n) is 10.2. The van der Waals surface area contributed by atoms with E-state index < -0.39 is 11.6 Å². The molecule has 8 nitrogen and oxygen atoms in total. The minimum Gasteiger partial charge on any atom is -0.457 e. The Bertz CT molecular complexity index is 1410. The van der Waals surface area contributed by atoms with E-state index in [9.17, 15) is 0 Å². The van der Waals surface area contributed by atoms with Gasteiger partial charge in [-0.25, -0.2) is 23.4 Å². The lowest BCUT2D eigenvalue weighted by Crippen LogP contribution is -2.49. The van der Waals surface area contributed by atoms with Gasteiger partial charge in [-0.15, -0.1) is 0 Å². The lowest BCUT2D eigenvalue weighted by atomic mass is 9.90. The first-order valence-corrected chi connectivity index (χ1v) is 13.1. The minimum atomic E-state index is -0.787. The van der Waals surface area contributed by atoms with Gasteiger partial charge in [0.25, 0.3) is 0 Å². The molecule has 2 aliphatic rings. The van der Waals surface area contributed by atoms with Crippen molar-refractivity contribution in [2.24, 2.45) is 0 Å². The number of hydrogen-bond donors (Lipinski definition) is 1. The Kier molecular flexibility index (Phi) is 6.67. The van der Waals surface area contributed by atoms with Crippen LogP contribution in [0.1, 0.15) is 31.7 Å². The number of nitrogens with zero attached hydrogens (tertiary/aromatic N) is 6. The molecule has 38 heavy (non-hydrogen) atoms. The smallest absolute Gasteiger partial charge is 0.164 e. The number of fused-ring (bicyclic) bond motifs is 1. The van der Waals surface area contributed by atoms with Crippen molar-refractivity contribution in [1.82, 2.24) is 29.5 Å². The Morgan fingerprint density at radius 1 is 0.868 bits per heavy atom. The molecule has 1 aliphatic heterocycles. The Hall–Kier alpha value is -3.63. The number of ether oxygens (including phenoxy) is 1. The Morgan fingerprint density at radius 2 is 1.53 bits per heavy atom. The van der Waals surface area contributed by atoms with Crippen LogP contribution in [0.2, 0.25) is 0 Å². The predicted octanol–water partition coefficient (Wildman–Crippen LogP) is 4.88. The van der Waals surface area contributed by atoms with Crippen LogP contribution in [0.15, 0.2) is 48.8 Å². The summed E-state index contributed by atoms with van der Waals surface area (Å²) in [6.07, 6.45) is 5.27. The van der Waals surface area contributed by atoms with E-state index in [4.69, 9.17) is 15.6 Å². The van der Waals surface area contributed by atoms with Crippen molar-refractivity contribution in [2.75, 3.05) is 39.0 Å². The van der Waals surface area contributed by atoms with Crippen molar-refractivity contribution >= 4 is 16.9 Å². The molecule has 0 unspecified atom stereocenters. The second-order valence-corrected chi connectivity index (χ2v) is 10.2. The van der Waals surface area contributed by atoms with E-state index in [-0.39, 0.29) is 28.9 Å². The number of benzene rings is 2. The SMILES string of the molecule is CN1CCN(C2CCC(n3nc(-c4c(F)cc(Oc5ccccc5)cc4F)c4c(N)ncnc43)CC2)CC1. The van der Waals surface area contributed by atoms with Crippen molar-refractivity contribution in [3.8, 4) is 22.8 Å². The van der Waals surface area contributed by atoms with E-state index in [1.807, 2.05) is 6.07 Å². The predicted molar refractivity (Wildman–Crippen MR) is 142 cm³/mol. The van der Waals surface area contributed by atoms with Gasteiger partial charge in [0.1, 0.15) is 41.0 Å². The highest BCUT2D eigenvalue weighted by Gasteiger charge is 2.31. The summed E-state index contributed by atoms with van der Waals surface area (Å²) in [4.78, 5) is 13.5. The summed E-state index contributed by atoms with van der Waals surface area (Å²) < 4.78 is 38.3. The fourth-order valence-electron chi connectivity index (χ4n) is 5.74. The maximum Gasteiger partial charge on any atom is 0.164 e. The molecule has 1 saturated carbocycles. The standard InChI is InChI=1S/C28H31F2N7O/c1-35-11-13-36(14-12-35)18-7-9-19(10-8-18)37-28-25(27(31)32-17-33-28)26(34-37)24-22(29)15-21(16-23(24)30)38-20-5-3-2-4-6-20/h2-6,15-19H,7-14H2,1H3,(H2,31,32,33). The fourth-order valence-corrected chi connectivity index (χ4v) is 5.74. The van der Waals surface area contributed by atoms with Crippen molar-refractivity contribution < 1.29 is 13.5 Å². The summed E-state index contributed by atoms with van der Waals surface area (Å²) >= 11 is 0. The third kappa shape index (κ3) is 4.69. The molecule has 2 N–H and O–H groups in total. The number of likely N-dealkylation sites (N-methyl/N-ethyl adjacent to an activating group) is 1. The van der Waals surface area contributed by atoms with E-state index in [1.165, 1.54) is 6.33 Å². The first kappa shape index (κ1) is 24.7. The largest absolute Gasteiger partial charge is 0.457 e. The van der Waals surface area contributed by atoms with E-state index in [0.29, 0.717) is 22.8 Å². The number of piperazine rings is 1. The summed E-state index contributed by atoms with van der Waals surface area (Å²) in [5.41, 5.74) is 6.56. The van der Waals surface area contributed by atoms with Crippen LogP contribution >= 0.6 is 0 Å². The summed E-state index contributed by atoms with van der Waals surface area (Å²) in [5, 5.41) is 5.08. The molecule has 0 radical (unpaired) electrons. The Labute approximate surface area is 220 Å². The van der Waals surface area contributed by atoms with Gasteiger partial charge >= 0.3 is 0 Å². The highest BCUT2D eigenvalue weighted by Crippen LogP contribution is 2.39. The summed E-state index contributed by atoms with van der Waals surface area (Å²) in [5.74, 6) is -0.886. The monoisotopic (exact) mass is 519 g/mol. The van der Waals surface area contributed by atoms with E-state index in [1.54, 1.807) is 28.9 Å². The first-order chi connectivity index (χ1) is 18.5. The zero-order valence-corrected chi connectivity index (χ0v) is 21.4. The Morgan fingerprint density at radius 3 is 2.21 bits per heavy atom. The number of hydrogen-bond acceptors (Lipinski definition) is 7. The van der Waals surface area contributed by atoms with Crippen LogP contribution in [-0.4, -0.2) is 68.8 Å². The van der Waals surface area contributed by atoms with Crippen LogP contribution in [0.5, 0.6) is 11.5 Å². The molecular weight excluding hydrogens is 488 g/mol.